The monoisotopic (exact) mass is 640 g/mol. The lowest BCUT2D eigenvalue weighted by Crippen LogP contribution is -2.66. The first-order valence-electron chi connectivity index (χ1n) is 15.1. The molecule has 2 fully saturated rings. The number of para-hydroxylation sites is 1. The second-order valence-electron chi connectivity index (χ2n) is 11.7. The molecule has 0 unspecified atom stereocenters. The number of carbonyl (C=O) groups is 4. The summed E-state index contributed by atoms with van der Waals surface area (Å²) in [6, 6.07) is 21.2. The highest BCUT2D eigenvalue weighted by Gasteiger charge is 2.52. The largest absolute Gasteiger partial charge is 0.375 e. The predicted molar refractivity (Wildman–Crippen MR) is 176 cm³/mol. The van der Waals surface area contributed by atoms with E-state index < -0.39 is 12.2 Å². The fourth-order valence-electron chi connectivity index (χ4n) is 6.25. The minimum Gasteiger partial charge on any atom is -0.375 e. The van der Waals surface area contributed by atoms with Gasteiger partial charge in [-0.3, -0.25) is 19.4 Å². The first kappa shape index (κ1) is 31.0. The van der Waals surface area contributed by atoms with Gasteiger partial charge in [-0.1, -0.05) is 65.9 Å². The molecule has 2 saturated heterocycles. The standard InChI is InChI=1S/C33H36N8O4S/c1-21(2)41(33(45)35-16-23-7-4-3-5-8-23)39-19-29(43)40-26(15-22-11-13-25(14-12-22)36-20-42)31(44)38(18-28(39)40)17-24-9-6-10-27-30(24)37-32(34)46-27/h3-14,20-21,26,28H,15-19H2,1-2H3,(H2,34,37)(H,35,45)(H,36,42)/t26-,28+/m0/s1. The summed E-state index contributed by atoms with van der Waals surface area (Å²) in [5.41, 5.74) is 10.0. The molecule has 5 amide bonds. The Hall–Kier alpha value is -5.01. The van der Waals surface area contributed by atoms with Crippen LogP contribution in [0, 0.1) is 0 Å². The number of fused-ring (bicyclic) bond motifs is 2. The van der Waals surface area contributed by atoms with Crippen molar-refractivity contribution in [3.63, 3.8) is 0 Å². The van der Waals surface area contributed by atoms with Gasteiger partial charge in [0.05, 0.1) is 23.3 Å². The van der Waals surface area contributed by atoms with Crippen LogP contribution in [0.5, 0.6) is 0 Å². The van der Waals surface area contributed by atoms with Gasteiger partial charge in [-0.15, -0.1) is 0 Å². The number of rotatable bonds is 10. The van der Waals surface area contributed by atoms with Crippen molar-refractivity contribution in [1.29, 1.82) is 0 Å². The lowest BCUT2D eigenvalue weighted by atomic mass is 9.99. The zero-order chi connectivity index (χ0) is 32.4. The highest BCUT2D eigenvalue weighted by molar-refractivity contribution is 7.22. The van der Waals surface area contributed by atoms with Crippen molar-refractivity contribution < 1.29 is 19.2 Å². The third kappa shape index (κ3) is 6.24. The molecule has 4 N–H and O–H groups in total. The van der Waals surface area contributed by atoms with Crippen LogP contribution in [0.4, 0.5) is 15.6 Å². The number of piperazine rings is 1. The maximum atomic E-state index is 14.3. The number of hydrogen-bond donors (Lipinski definition) is 3. The molecule has 6 rings (SSSR count). The van der Waals surface area contributed by atoms with Gasteiger partial charge >= 0.3 is 6.03 Å². The Morgan fingerprint density at radius 3 is 2.54 bits per heavy atom. The number of carbonyl (C=O) groups excluding carboxylic acids is 4. The maximum Gasteiger partial charge on any atom is 0.332 e. The average molecular weight is 641 g/mol. The van der Waals surface area contributed by atoms with Crippen LogP contribution in [-0.4, -0.2) is 80.4 Å². The topological polar surface area (TPSA) is 144 Å². The fourth-order valence-corrected chi connectivity index (χ4v) is 7.03. The van der Waals surface area contributed by atoms with Gasteiger partial charge in [-0.05, 0) is 48.7 Å². The molecule has 4 aromatic rings. The van der Waals surface area contributed by atoms with E-state index in [1.807, 2.05) is 74.5 Å². The van der Waals surface area contributed by atoms with Crippen molar-refractivity contribution in [1.82, 2.24) is 30.1 Å². The molecule has 3 heterocycles. The van der Waals surface area contributed by atoms with Crippen LogP contribution in [0.1, 0.15) is 30.5 Å². The molecule has 238 valence electrons. The number of amides is 5. The summed E-state index contributed by atoms with van der Waals surface area (Å²) in [5, 5.41) is 9.45. The van der Waals surface area contributed by atoms with E-state index in [1.165, 1.54) is 11.3 Å². The molecule has 13 heteroatoms. The van der Waals surface area contributed by atoms with E-state index in [9.17, 15) is 19.2 Å². The summed E-state index contributed by atoms with van der Waals surface area (Å²) in [7, 11) is 0. The first-order chi connectivity index (χ1) is 22.2. The van der Waals surface area contributed by atoms with Crippen LogP contribution in [0.25, 0.3) is 10.2 Å². The number of thiazole rings is 1. The normalized spacial score (nSPS) is 18.2. The first-order valence-corrected chi connectivity index (χ1v) is 16.0. The number of nitrogens with two attached hydrogens (primary N) is 1. The number of aromatic nitrogens is 1. The van der Waals surface area contributed by atoms with Gasteiger partial charge < -0.3 is 26.2 Å². The van der Waals surface area contributed by atoms with E-state index in [0.717, 1.165) is 26.9 Å². The average Bonchev–Trinajstić information content (AvgIpc) is 3.58. The van der Waals surface area contributed by atoms with Crippen LogP contribution in [0.2, 0.25) is 0 Å². The molecule has 46 heavy (non-hydrogen) atoms. The minimum atomic E-state index is -0.803. The van der Waals surface area contributed by atoms with Crippen molar-refractivity contribution in [3.05, 3.63) is 89.5 Å². The molecule has 0 bridgehead atoms. The lowest BCUT2D eigenvalue weighted by Gasteiger charge is -2.47. The summed E-state index contributed by atoms with van der Waals surface area (Å²) in [5.74, 6) is -0.412. The third-order valence-electron chi connectivity index (χ3n) is 8.32. The van der Waals surface area contributed by atoms with Crippen LogP contribution < -0.4 is 16.4 Å². The number of hydrazine groups is 1. The van der Waals surface area contributed by atoms with Crippen LogP contribution >= 0.6 is 11.3 Å². The minimum absolute atomic E-state index is 0.0420. The molecule has 2 aliphatic rings. The second-order valence-corrected chi connectivity index (χ2v) is 12.7. The van der Waals surface area contributed by atoms with E-state index in [0.29, 0.717) is 23.8 Å². The Balaban J connectivity index is 1.32. The van der Waals surface area contributed by atoms with Gasteiger partial charge in [0.15, 0.2) is 5.13 Å². The van der Waals surface area contributed by atoms with Gasteiger partial charge in [0.2, 0.25) is 18.2 Å². The van der Waals surface area contributed by atoms with E-state index >= 15 is 0 Å². The van der Waals surface area contributed by atoms with Gasteiger partial charge in [-0.25, -0.2) is 9.78 Å². The molecule has 2 aliphatic heterocycles. The van der Waals surface area contributed by atoms with Crippen molar-refractivity contribution in [3.8, 4) is 0 Å². The number of hydrogen-bond acceptors (Lipinski definition) is 8. The highest BCUT2D eigenvalue weighted by Crippen LogP contribution is 2.33. The quantitative estimate of drug-likeness (QED) is 0.226. The SMILES string of the molecule is CC(C)N(C(=O)NCc1ccccc1)N1CC(=O)N2[C@@H](Cc3ccc(NC=O)cc3)C(=O)N(Cc3cccc4sc(N)nc34)C[C@@H]21. The second kappa shape index (κ2) is 13.2. The molecular formula is C33H36N8O4S. The van der Waals surface area contributed by atoms with E-state index in [1.54, 1.807) is 32.0 Å². The van der Waals surface area contributed by atoms with Gasteiger partial charge in [0, 0.05) is 31.2 Å². The fraction of sp³-hybridized carbons (Fsp3) is 0.303. The maximum absolute atomic E-state index is 14.3. The molecule has 2 atom stereocenters. The van der Waals surface area contributed by atoms with Crippen LogP contribution in [-0.2, 0) is 33.9 Å². The molecule has 0 aliphatic carbocycles. The number of urea groups is 1. The van der Waals surface area contributed by atoms with Gasteiger partial charge in [-0.2, -0.15) is 5.01 Å². The number of nitrogens with zero attached hydrogens (tertiary/aromatic N) is 5. The van der Waals surface area contributed by atoms with Crippen molar-refractivity contribution >= 4 is 56.6 Å². The summed E-state index contributed by atoms with van der Waals surface area (Å²) < 4.78 is 0.931. The van der Waals surface area contributed by atoms with Gasteiger partial charge in [0.1, 0.15) is 12.2 Å². The molecular weight excluding hydrogens is 604 g/mol. The molecule has 12 nitrogen and oxygen atoms in total. The Kier molecular flexibility index (Phi) is 8.86. The Morgan fingerprint density at radius 1 is 1.07 bits per heavy atom. The van der Waals surface area contributed by atoms with Crippen molar-refractivity contribution in [2.24, 2.45) is 0 Å². The number of nitrogen functional groups attached to an aromatic ring is 1. The van der Waals surface area contributed by atoms with Gasteiger partial charge in [0.25, 0.3) is 0 Å². The molecule has 1 aromatic heterocycles. The summed E-state index contributed by atoms with van der Waals surface area (Å²) in [6.45, 7) is 4.57. The zero-order valence-electron chi connectivity index (χ0n) is 25.6. The van der Waals surface area contributed by atoms with Crippen molar-refractivity contribution in [2.45, 2.75) is 51.6 Å². The summed E-state index contributed by atoms with van der Waals surface area (Å²) in [6.07, 6.45) is 0.297. The number of anilines is 2. The van der Waals surface area contributed by atoms with Crippen LogP contribution in [0.3, 0.4) is 0 Å². The smallest absolute Gasteiger partial charge is 0.332 e. The Morgan fingerprint density at radius 2 is 1.83 bits per heavy atom. The Labute approximate surface area is 270 Å². The van der Waals surface area contributed by atoms with E-state index in [2.05, 4.69) is 15.6 Å². The van der Waals surface area contributed by atoms with E-state index in [4.69, 9.17) is 5.73 Å². The summed E-state index contributed by atoms with van der Waals surface area (Å²) in [4.78, 5) is 60.5. The molecule has 0 spiro atoms. The molecule has 3 aromatic carbocycles. The third-order valence-corrected chi connectivity index (χ3v) is 9.17. The summed E-state index contributed by atoms with van der Waals surface area (Å²) >= 11 is 1.39. The number of nitrogens with one attached hydrogen (secondary N) is 2. The lowest BCUT2D eigenvalue weighted by molar-refractivity contribution is -0.158. The molecule has 0 saturated carbocycles. The number of benzene rings is 3. The van der Waals surface area contributed by atoms with E-state index in [-0.39, 0.29) is 49.9 Å². The van der Waals surface area contributed by atoms with Crippen LogP contribution in [0.15, 0.2) is 72.8 Å². The highest BCUT2D eigenvalue weighted by atomic mass is 32.1. The molecule has 0 radical (unpaired) electrons. The Bertz CT molecular complexity index is 1750. The van der Waals surface area contributed by atoms with Crippen molar-refractivity contribution in [2.75, 3.05) is 24.1 Å². The predicted octanol–water partition coefficient (Wildman–Crippen LogP) is 3.41. The zero-order valence-corrected chi connectivity index (χ0v) is 26.4.